The number of esters is 1. The van der Waals surface area contributed by atoms with Crippen LogP contribution in [0.1, 0.15) is 36.6 Å². The van der Waals surface area contributed by atoms with E-state index in [4.69, 9.17) is 16.3 Å². The third-order valence-electron chi connectivity index (χ3n) is 4.70. The zero-order valence-corrected chi connectivity index (χ0v) is 16.1. The van der Waals surface area contributed by atoms with Crippen molar-refractivity contribution in [3.63, 3.8) is 0 Å². The van der Waals surface area contributed by atoms with Gasteiger partial charge in [0, 0.05) is 11.6 Å². The maximum absolute atomic E-state index is 12.4. The number of hydrogen-bond donors (Lipinski definition) is 0. The molecule has 3 aromatic rings. The van der Waals surface area contributed by atoms with Crippen molar-refractivity contribution in [2.24, 2.45) is 0 Å². The summed E-state index contributed by atoms with van der Waals surface area (Å²) < 4.78 is 5.35. The van der Waals surface area contributed by atoms with Crippen LogP contribution in [0.25, 0.3) is 0 Å². The van der Waals surface area contributed by atoms with E-state index in [1.54, 1.807) is 72.8 Å². The Labute approximate surface area is 172 Å². The summed E-state index contributed by atoms with van der Waals surface area (Å²) in [4.78, 5) is 38.2. The van der Waals surface area contributed by atoms with E-state index in [-0.39, 0.29) is 18.4 Å². The van der Waals surface area contributed by atoms with Gasteiger partial charge >= 0.3 is 5.97 Å². The molecule has 0 fully saturated rings. The smallest absolute Gasteiger partial charge is 0.343 e. The number of halogens is 1. The van der Waals surface area contributed by atoms with E-state index in [9.17, 15) is 14.4 Å². The summed E-state index contributed by atoms with van der Waals surface area (Å²) in [6, 6.07) is 20.3. The Kier molecular flexibility index (Phi) is 5.14. The van der Waals surface area contributed by atoms with Crippen LogP contribution in [-0.4, -0.2) is 29.2 Å². The normalized spacial score (nSPS) is 12.8. The fourth-order valence-corrected chi connectivity index (χ4v) is 3.38. The lowest BCUT2D eigenvalue weighted by molar-refractivity contribution is 0.0654. The number of amides is 2. The van der Waals surface area contributed by atoms with Crippen LogP contribution >= 0.6 is 11.6 Å². The van der Waals surface area contributed by atoms with Gasteiger partial charge in [0.05, 0.1) is 16.7 Å². The van der Waals surface area contributed by atoms with Crippen molar-refractivity contribution in [2.75, 3.05) is 6.54 Å². The Hall–Kier alpha value is -3.44. The molecule has 144 valence electrons. The van der Waals surface area contributed by atoms with Gasteiger partial charge in [-0.15, -0.1) is 0 Å². The highest BCUT2D eigenvalue weighted by Gasteiger charge is 2.34. The van der Waals surface area contributed by atoms with Gasteiger partial charge in [-0.2, -0.15) is 0 Å². The molecule has 5 nitrogen and oxygen atoms in total. The number of fused-ring (bicyclic) bond motifs is 1. The quantitative estimate of drug-likeness (QED) is 0.358. The summed E-state index contributed by atoms with van der Waals surface area (Å²) in [5.74, 6) is -0.624. The molecule has 0 N–H and O–H groups in total. The van der Waals surface area contributed by atoms with E-state index in [1.807, 2.05) is 0 Å². The van der Waals surface area contributed by atoms with Gasteiger partial charge in [-0.3, -0.25) is 14.5 Å². The fraction of sp³-hybridized carbons (Fsp3) is 0.0870. The molecule has 0 atom stereocenters. The van der Waals surface area contributed by atoms with E-state index in [0.29, 0.717) is 33.9 Å². The predicted molar refractivity (Wildman–Crippen MR) is 108 cm³/mol. The van der Waals surface area contributed by atoms with Crippen molar-refractivity contribution >= 4 is 29.4 Å². The molecule has 1 aliphatic heterocycles. The Balaban J connectivity index is 1.37. The number of carbonyl (C=O) groups excluding carboxylic acids is 3. The van der Waals surface area contributed by atoms with Crippen LogP contribution in [0.3, 0.4) is 0 Å². The Bertz CT molecular complexity index is 1070. The number of benzene rings is 3. The molecule has 0 bridgehead atoms. The van der Waals surface area contributed by atoms with Gasteiger partial charge in [-0.1, -0.05) is 41.9 Å². The summed E-state index contributed by atoms with van der Waals surface area (Å²) in [6.07, 6.45) is 0.508. The lowest BCUT2D eigenvalue weighted by Crippen LogP contribution is -2.31. The number of carbonyl (C=O) groups is 3. The zero-order chi connectivity index (χ0) is 20.4. The van der Waals surface area contributed by atoms with Crippen LogP contribution < -0.4 is 4.74 Å². The van der Waals surface area contributed by atoms with E-state index >= 15 is 0 Å². The first-order valence-electron chi connectivity index (χ1n) is 9.05. The number of imide groups is 1. The molecular formula is C23H16ClNO4. The number of ether oxygens (including phenoxy) is 1. The molecule has 0 radical (unpaired) electrons. The minimum atomic E-state index is -0.494. The fourth-order valence-electron chi connectivity index (χ4n) is 3.19. The predicted octanol–water partition coefficient (Wildman–Crippen LogP) is 4.40. The largest absolute Gasteiger partial charge is 0.423 e. The maximum atomic E-state index is 12.4. The lowest BCUT2D eigenvalue weighted by atomic mass is 10.1. The monoisotopic (exact) mass is 405 g/mol. The summed E-state index contributed by atoms with van der Waals surface area (Å²) in [7, 11) is 0. The summed E-state index contributed by atoms with van der Waals surface area (Å²) >= 11 is 5.89. The second kappa shape index (κ2) is 7.89. The van der Waals surface area contributed by atoms with E-state index < -0.39 is 5.97 Å². The number of nitrogens with zero attached hydrogens (tertiary/aromatic N) is 1. The van der Waals surface area contributed by atoms with Gasteiger partial charge in [-0.25, -0.2) is 4.79 Å². The SMILES string of the molecule is O=C(Oc1ccc(CCN2C(=O)c3ccccc3C2=O)cc1)c1cccc(Cl)c1. The molecule has 0 saturated heterocycles. The molecule has 1 aliphatic rings. The minimum Gasteiger partial charge on any atom is -0.423 e. The summed E-state index contributed by atoms with van der Waals surface area (Å²) in [6.45, 7) is 0.286. The molecule has 4 rings (SSSR count). The number of rotatable bonds is 5. The average Bonchev–Trinajstić information content (AvgIpc) is 2.98. The van der Waals surface area contributed by atoms with Crippen LogP contribution in [0.4, 0.5) is 0 Å². The van der Waals surface area contributed by atoms with Gasteiger partial charge in [0.1, 0.15) is 5.75 Å². The summed E-state index contributed by atoms with van der Waals surface area (Å²) in [5, 5.41) is 0.461. The molecule has 0 saturated carbocycles. The van der Waals surface area contributed by atoms with Crippen LogP contribution in [0.2, 0.25) is 5.02 Å². The van der Waals surface area contributed by atoms with E-state index in [1.165, 1.54) is 4.90 Å². The highest BCUT2D eigenvalue weighted by Crippen LogP contribution is 2.23. The van der Waals surface area contributed by atoms with Gasteiger partial charge < -0.3 is 4.74 Å². The van der Waals surface area contributed by atoms with Crippen LogP contribution in [0.5, 0.6) is 5.75 Å². The number of hydrogen-bond acceptors (Lipinski definition) is 4. The minimum absolute atomic E-state index is 0.266. The molecular weight excluding hydrogens is 390 g/mol. The highest BCUT2D eigenvalue weighted by molar-refractivity contribution is 6.30. The third-order valence-corrected chi connectivity index (χ3v) is 4.93. The lowest BCUT2D eigenvalue weighted by Gasteiger charge is -2.13. The van der Waals surface area contributed by atoms with Gasteiger partial charge in [0.15, 0.2) is 0 Å². The second-order valence-corrected chi connectivity index (χ2v) is 7.04. The van der Waals surface area contributed by atoms with Crippen LogP contribution in [-0.2, 0) is 6.42 Å². The molecule has 0 aliphatic carbocycles. The van der Waals surface area contributed by atoms with Crippen molar-refractivity contribution in [3.05, 3.63) is 100 Å². The molecule has 0 spiro atoms. The first kappa shape index (κ1) is 18.9. The molecule has 0 aromatic heterocycles. The van der Waals surface area contributed by atoms with Crippen molar-refractivity contribution in [1.29, 1.82) is 0 Å². The van der Waals surface area contributed by atoms with Gasteiger partial charge in [0.2, 0.25) is 0 Å². The summed E-state index contributed by atoms with van der Waals surface area (Å²) in [5.41, 5.74) is 2.18. The van der Waals surface area contributed by atoms with Crippen LogP contribution in [0.15, 0.2) is 72.8 Å². The van der Waals surface area contributed by atoms with Crippen molar-refractivity contribution in [2.45, 2.75) is 6.42 Å². The molecule has 1 heterocycles. The molecule has 2 amide bonds. The topological polar surface area (TPSA) is 63.7 Å². The maximum Gasteiger partial charge on any atom is 0.343 e. The van der Waals surface area contributed by atoms with E-state index in [2.05, 4.69) is 0 Å². The van der Waals surface area contributed by atoms with Gasteiger partial charge in [-0.05, 0) is 54.4 Å². The second-order valence-electron chi connectivity index (χ2n) is 6.60. The first-order valence-corrected chi connectivity index (χ1v) is 9.42. The zero-order valence-electron chi connectivity index (χ0n) is 15.3. The molecule has 3 aromatic carbocycles. The Morgan fingerprint density at radius 1 is 0.862 bits per heavy atom. The van der Waals surface area contributed by atoms with Crippen LogP contribution in [0, 0.1) is 0 Å². The van der Waals surface area contributed by atoms with Gasteiger partial charge in [0.25, 0.3) is 11.8 Å². The average molecular weight is 406 g/mol. The van der Waals surface area contributed by atoms with Crippen molar-refractivity contribution < 1.29 is 19.1 Å². The first-order chi connectivity index (χ1) is 14.0. The molecule has 29 heavy (non-hydrogen) atoms. The van der Waals surface area contributed by atoms with E-state index in [0.717, 1.165) is 5.56 Å². The Morgan fingerprint density at radius 3 is 2.14 bits per heavy atom. The molecule has 6 heteroatoms. The van der Waals surface area contributed by atoms with Crippen molar-refractivity contribution in [1.82, 2.24) is 4.90 Å². The highest BCUT2D eigenvalue weighted by atomic mass is 35.5. The van der Waals surface area contributed by atoms with Crippen molar-refractivity contribution in [3.8, 4) is 5.75 Å². The third kappa shape index (κ3) is 3.91. The molecule has 0 unspecified atom stereocenters. The Morgan fingerprint density at radius 2 is 1.52 bits per heavy atom. The standard InChI is InChI=1S/C23H16ClNO4/c24-17-5-3-4-16(14-17)23(28)29-18-10-8-15(9-11-18)12-13-25-21(26)19-6-1-2-7-20(19)22(25)27/h1-11,14H,12-13H2.